The van der Waals surface area contributed by atoms with Crippen molar-refractivity contribution in [2.45, 2.75) is 38.6 Å². The maximum Gasteiger partial charge on any atom is 0.326 e. The Hall–Kier alpha value is -1.10. The third-order valence-corrected chi connectivity index (χ3v) is 3.03. The van der Waals surface area contributed by atoms with Crippen LogP contribution in [0.1, 0.15) is 32.6 Å². The zero-order valence-corrected chi connectivity index (χ0v) is 9.69. The van der Waals surface area contributed by atoms with Crippen molar-refractivity contribution in [1.29, 1.82) is 0 Å². The topological polar surface area (TPSA) is 83.6 Å². The molecule has 1 saturated heterocycles. The maximum atomic E-state index is 11.9. The largest absolute Gasteiger partial charge is 0.480 e. The van der Waals surface area contributed by atoms with E-state index in [1.165, 1.54) is 4.90 Å². The summed E-state index contributed by atoms with van der Waals surface area (Å²) >= 11 is 0. The molecule has 1 aliphatic rings. The number of hydrogen-bond donors (Lipinski definition) is 2. The first kappa shape index (κ1) is 13.0. The van der Waals surface area contributed by atoms with Gasteiger partial charge in [0.25, 0.3) is 0 Å². The van der Waals surface area contributed by atoms with Crippen molar-refractivity contribution in [3.8, 4) is 0 Å². The van der Waals surface area contributed by atoms with Gasteiger partial charge in [0.15, 0.2) is 0 Å². The number of aliphatic carboxylic acids is 1. The molecular weight excluding hydrogens is 208 g/mol. The third-order valence-electron chi connectivity index (χ3n) is 3.03. The molecule has 0 aromatic rings. The minimum Gasteiger partial charge on any atom is -0.480 e. The van der Waals surface area contributed by atoms with Crippen molar-refractivity contribution in [2.24, 2.45) is 11.7 Å². The number of nitrogens with zero attached hydrogens (tertiary/aromatic N) is 1. The van der Waals surface area contributed by atoms with E-state index in [4.69, 9.17) is 10.8 Å². The van der Waals surface area contributed by atoms with E-state index in [0.717, 1.165) is 12.8 Å². The van der Waals surface area contributed by atoms with Gasteiger partial charge in [0.1, 0.15) is 6.04 Å². The lowest BCUT2D eigenvalue weighted by atomic mass is 10.00. The lowest BCUT2D eigenvalue weighted by Crippen LogP contribution is -2.48. The lowest BCUT2D eigenvalue weighted by Gasteiger charge is -2.33. The highest BCUT2D eigenvalue weighted by molar-refractivity contribution is 5.84. The zero-order valence-electron chi connectivity index (χ0n) is 9.69. The summed E-state index contributed by atoms with van der Waals surface area (Å²) in [5.41, 5.74) is 5.46. The summed E-state index contributed by atoms with van der Waals surface area (Å²) < 4.78 is 0. The molecule has 1 amide bonds. The minimum atomic E-state index is -0.895. The molecule has 1 heterocycles. The second kappa shape index (κ2) is 5.84. The van der Waals surface area contributed by atoms with E-state index in [1.807, 2.05) is 6.92 Å². The molecule has 0 saturated carbocycles. The highest BCUT2D eigenvalue weighted by atomic mass is 16.4. The van der Waals surface area contributed by atoms with Crippen molar-refractivity contribution in [1.82, 2.24) is 4.90 Å². The maximum absolute atomic E-state index is 11.9. The molecule has 1 aliphatic heterocycles. The summed E-state index contributed by atoms with van der Waals surface area (Å²) in [6.45, 7) is 2.92. The van der Waals surface area contributed by atoms with Crippen molar-refractivity contribution in [2.75, 3.05) is 13.1 Å². The number of likely N-dealkylation sites (tertiary alicyclic amines) is 1. The Morgan fingerprint density at radius 3 is 2.75 bits per heavy atom. The van der Waals surface area contributed by atoms with E-state index < -0.39 is 12.0 Å². The van der Waals surface area contributed by atoms with Gasteiger partial charge in [0.05, 0.1) is 0 Å². The van der Waals surface area contributed by atoms with E-state index >= 15 is 0 Å². The Kier molecular flexibility index (Phi) is 4.73. The Balaban J connectivity index is 2.60. The van der Waals surface area contributed by atoms with Gasteiger partial charge in [-0.05, 0) is 31.7 Å². The lowest BCUT2D eigenvalue weighted by molar-refractivity contribution is -0.152. The fraction of sp³-hybridized carbons (Fsp3) is 0.818. The molecule has 2 unspecified atom stereocenters. The van der Waals surface area contributed by atoms with Crippen molar-refractivity contribution in [3.05, 3.63) is 0 Å². The molecule has 1 rings (SSSR count). The van der Waals surface area contributed by atoms with Crippen LogP contribution in [0.3, 0.4) is 0 Å². The number of carboxylic acids is 1. The predicted molar refractivity (Wildman–Crippen MR) is 59.8 cm³/mol. The van der Waals surface area contributed by atoms with Crippen molar-refractivity contribution >= 4 is 11.9 Å². The summed E-state index contributed by atoms with van der Waals surface area (Å²) in [6, 6.07) is -0.633. The monoisotopic (exact) mass is 228 g/mol. The van der Waals surface area contributed by atoms with E-state index in [-0.39, 0.29) is 11.8 Å². The van der Waals surface area contributed by atoms with E-state index in [0.29, 0.717) is 25.9 Å². The number of carbonyl (C=O) groups excluding carboxylic acids is 1. The molecule has 92 valence electrons. The first-order chi connectivity index (χ1) is 7.56. The molecule has 0 aromatic heterocycles. The summed E-state index contributed by atoms with van der Waals surface area (Å²) in [4.78, 5) is 24.4. The predicted octanol–water partition coefficient (Wildman–Crippen LogP) is 0.437. The molecule has 0 aromatic carbocycles. The van der Waals surface area contributed by atoms with Crippen LogP contribution >= 0.6 is 0 Å². The van der Waals surface area contributed by atoms with Crippen LogP contribution in [0.2, 0.25) is 0 Å². The minimum absolute atomic E-state index is 0.0787. The second-order valence-corrected chi connectivity index (χ2v) is 4.48. The number of rotatable bonds is 4. The molecule has 0 spiro atoms. The van der Waals surface area contributed by atoms with Gasteiger partial charge in [0.2, 0.25) is 5.91 Å². The summed E-state index contributed by atoms with van der Waals surface area (Å²) in [5, 5.41) is 9.03. The molecular formula is C11H20N2O3. The zero-order chi connectivity index (χ0) is 12.1. The summed E-state index contributed by atoms with van der Waals surface area (Å²) in [5.74, 6) is -0.859. The van der Waals surface area contributed by atoms with Gasteiger partial charge in [-0.2, -0.15) is 0 Å². The number of nitrogens with two attached hydrogens (primary N) is 1. The molecule has 5 heteroatoms. The SMILES string of the molecule is CC(CN)CC(=O)N1CCCCC1C(=O)O. The van der Waals surface area contributed by atoms with Crippen LogP contribution in [0.4, 0.5) is 0 Å². The first-order valence-electron chi connectivity index (χ1n) is 5.78. The number of hydrogen-bond acceptors (Lipinski definition) is 3. The van der Waals surface area contributed by atoms with E-state index in [2.05, 4.69) is 0 Å². The second-order valence-electron chi connectivity index (χ2n) is 4.48. The van der Waals surface area contributed by atoms with Crippen molar-refractivity contribution < 1.29 is 14.7 Å². The Morgan fingerprint density at radius 2 is 2.19 bits per heavy atom. The number of carbonyl (C=O) groups is 2. The van der Waals surface area contributed by atoms with Crippen LogP contribution in [0, 0.1) is 5.92 Å². The van der Waals surface area contributed by atoms with Gasteiger partial charge < -0.3 is 15.7 Å². The van der Waals surface area contributed by atoms with Gasteiger partial charge in [-0.25, -0.2) is 4.79 Å². The smallest absolute Gasteiger partial charge is 0.326 e. The average molecular weight is 228 g/mol. The van der Waals surface area contributed by atoms with Gasteiger partial charge in [-0.1, -0.05) is 6.92 Å². The molecule has 1 fully saturated rings. The molecule has 5 nitrogen and oxygen atoms in total. The van der Waals surface area contributed by atoms with Crippen molar-refractivity contribution in [3.63, 3.8) is 0 Å². The fourth-order valence-corrected chi connectivity index (χ4v) is 1.99. The molecule has 16 heavy (non-hydrogen) atoms. The van der Waals surface area contributed by atoms with Crippen LogP contribution < -0.4 is 5.73 Å². The van der Waals surface area contributed by atoms with Crippen LogP contribution in [-0.2, 0) is 9.59 Å². The normalized spacial score (nSPS) is 22.9. The van der Waals surface area contributed by atoms with Crippen LogP contribution in [0.25, 0.3) is 0 Å². The third kappa shape index (κ3) is 3.20. The highest BCUT2D eigenvalue weighted by Crippen LogP contribution is 2.19. The van der Waals surface area contributed by atoms with Crippen LogP contribution in [0.5, 0.6) is 0 Å². The van der Waals surface area contributed by atoms with Gasteiger partial charge >= 0.3 is 5.97 Å². The standard InChI is InChI=1S/C11H20N2O3/c1-8(7-12)6-10(14)13-5-3-2-4-9(13)11(15)16/h8-9H,2-7,12H2,1H3,(H,15,16). The highest BCUT2D eigenvalue weighted by Gasteiger charge is 2.31. The Labute approximate surface area is 95.6 Å². The van der Waals surface area contributed by atoms with Gasteiger partial charge in [-0.15, -0.1) is 0 Å². The fourth-order valence-electron chi connectivity index (χ4n) is 1.99. The molecule has 0 radical (unpaired) electrons. The number of amides is 1. The first-order valence-corrected chi connectivity index (χ1v) is 5.78. The van der Waals surface area contributed by atoms with E-state index in [9.17, 15) is 9.59 Å². The summed E-state index contributed by atoms with van der Waals surface area (Å²) in [7, 11) is 0. The Bertz CT molecular complexity index is 268. The van der Waals surface area contributed by atoms with Gasteiger partial charge in [0, 0.05) is 13.0 Å². The Morgan fingerprint density at radius 1 is 1.50 bits per heavy atom. The average Bonchev–Trinajstić information content (AvgIpc) is 2.28. The molecule has 0 aliphatic carbocycles. The number of piperidine rings is 1. The number of carboxylic acid groups (broad SMARTS) is 1. The van der Waals surface area contributed by atoms with Crippen LogP contribution in [-0.4, -0.2) is 41.0 Å². The van der Waals surface area contributed by atoms with E-state index in [1.54, 1.807) is 0 Å². The van der Waals surface area contributed by atoms with Crippen LogP contribution in [0.15, 0.2) is 0 Å². The summed E-state index contributed by atoms with van der Waals surface area (Å²) in [6.07, 6.45) is 2.69. The van der Waals surface area contributed by atoms with Gasteiger partial charge in [-0.3, -0.25) is 4.79 Å². The quantitative estimate of drug-likeness (QED) is 0.731. The molecule has 0 bridgehead atoms. The molecule has 2 atom stereocenters. The molecule has 3 N–H and O–H groups in total.